The molecule has 16 heavy (non-hydrogen) atoms. The minimum absolute atomic E-state index is 0.161. The Balaban J connectivity index is 2.40. The average molecular weight is 220 g/mol. The fourth-order valence-corrected chi connectivity index (χ4v) is 2.05. The Kier molecular flexibility index (Phi) is 2.86. The monoisotopic (exact) mass is 220 g/mol. The van der Waals surface area contributed by atoms with Crippen molar-refractivity contribution in [2.45, 2.75) is 25.7 Å². The van der Waals surface area contributed by atoms with Crippen molar-refractivity contribution in [2.75, 3.05) is 13.2 Å². The summed E-state index contributed by atoms with van der Waals surface area (Å²) in [5.74, 6) is 0.634. The molecule has 1 aromatic carbocycles. The van der Waals surface area contributed by atoms with Gasteiger partial charge < -0.3 is 9.47 Å². The molecule has 1 atom stereocenters. The Morgan fingerprint density at radius 2 is 2.25 bits per heavy atom. The quantitative estimate of drug-likeness (QED) is 0.717. The van der Waals surface area contributed by atoms with E-state index in [0.717, 1.165) is 11.3 Å². The molecule has 0 saturated heterocycles. The lowest BCUT2D eigenvalue weighted by Gasteiger charge is -2.33. The molecular weight excluding hydrogens is 204 g/mol. The van der Waals surface area contributed by atoms with Crippen LogP contribution in [-0.2, 0) is 14.9 Å². The third-order valence-electron chi connectivity index (χ3n) is 3.07. The van der Waals surface area contributed by atoms with Crippen LogP contribution in [0.25, 0.3) is 0 Å². The summed E-state index contributed by atoms with van der Waals surface area (Å²) in [6.45, 7) is 4.72. The molecule has 0 amide bonds. The van der Waals surface area contributed by atoms with E-state index in [1.165, 1.54) is 0 Å². The predicted octanol–water partition coefficient (Wildman–Crippen LogP) is 2.29. The number of rotatable bonds is 2. The number of carbonyl (C=O) groups excluding carboxylic acids is 1. The van der Waals surface area contributed by atoms with Crippen molar-refractivity contribution in [1.82, 2.24) is 0 Å². The Hall–Kier alpha value is -1.51. The lowest BCUT2D eigenvalue weighted by atomic mass is 9.78. The second-order valence-electron chi connectivity index (χ2n) is 4.15. The maximum atomic E-state index is 12.0. The van der Waals surface area contributed by atoms with Gasteiger partial charge in [-0.1, -0.05) is 18.2 Å². The Bertz CT molecular complexity index is 400. The van der Waals surface area contributed by atoms with Gasteiger partial charge in [0.1, 0.15) is 5.75 Å². The van der Waals surface area contributed by atoms with Crippen LogP contribution < -0.4 is 4.74 Å². The van der Waals surface area contributed by atoms with Crippen LogP contribution in [0.2, 0.25) is 0 Å². The van der Waals surface area contributed by atoms with Crippen molar-refractivity contribution < 1.29 is 14.3 Å². The fourth-order valence-electron chi connectivity index (χ4n) is 2.05. The van der Waals surface area contributed by atoms with E-state index in [1.807, 2.05) is 38.1 Å². The normalized spacial score (nSPS) is 23.1. The first-order valence-electron chi connectivity index (χ1n) is 5.58. The van der Waals surface area contributed by atoms with E-state index in [4.69, 9.17) is 9.47 Å². The van der Waals surface area contributed by atoms with Gasteiger partial charge in [-0.15, -0.1) is 0 Å². The molecule has 3 heteroatoms. The SMILES string of the molecule is CCOC(=O)C1(C)CCOc2ccccc21. The molecule has 1 aliphatic rings. The van der Waals surface area contributed by atoms with Crippen LogP contribution in [-0.4, -0.2) is 19.2 Å². The number of benzene rings is 1. The van der Waals surface area contributed by atoms with Gasteiger partial charge in [-0.05, 0) is 19.9 Å². The van der Waals surface area contributed by atoms with Gasteiger partial charge >= 0.3 is 5.97 Å². The summed E-state index contributed by atoms with van der Waals surface area (Å²) >= 11 is 0. The second-order valence-corrected chi connectivity index (χ2v) is 4.15. The largest absolute Gasteiger partial charge is 0.493 e. The Morgan fingerprint density at radius 1 is 1.50 bits per heavy atom. The standard InChI is InChI=1S/C13H16O3/c1-3-15-12(14)13(2)8-9-16-11-7-5-4-6-10(11)13/h4-7H,3,8-9H2,1-2H3. The highest BCUT2D eigenvalue weighted by atomic mass is 16.5. The number of ether oxygens (including phenoxy) is 2. The van der Waals surface area contributed by atoms with Gasteiger partial charge in [0.15, 0.2) is 0 Å². The van der Waals surface area contributed by atoms with Crippen LogP contribution >= 0.6 is 0 Å². The van der Waals surface area contributed by atoms with Gasteiger partial charge in [0, 0.05) is 12.0 Å². The van der Waals surface area contributed by atoms with E-state index in [9.17, 15) is 4.79 Å². The molecule has 0 spiro atoms. The molecule has 86 valence electrons. The molecule has 3 nitrogen and oxygen atoms in total. The van der Waals surface area contributed by atoms with E-state index in [2.05, 4.69) is 0 Å². The molecule has 1 aromatic rings. The van der Waals surface area contributed by atoms with Gasteiger partial charge in [-0.25, -0.2) is 0 Å². The van der Waals surface area contributed by atoms with Crippen molar-refractivity contribution in [1.29, 1.82) is 0 Å². The van der Waals surface area contributed by atoms with Crippen LogP contribution in [0.15, 0.2) is 24.3 Å². The summed E-state index contributed by atoms with van der Waals surface area (Å²) in [7, 11) is 0. The molecule has 0 aliphatic carbocycles. The Morgan fingerprint density at radius 3 is 3.00 bits per heavy atom. The molecule has 0 bridgehead atoms. The zero-order valence-corrected chi connectivity index (χ0v) is 9.66. The number of fused-ring (bicyclic) bond motifs is 1. The summed E-state index contributed by atoms with van der Waals surface area (Å²) in [5.41, 5.74) is 0.366. The van der Waals surface area contributed by atoms with Crippen molar-refractivity contribution >= 4 is 5.97 Å². The minimum atomic E-state index is -0.565. The lowest BCUT2D eigenvalue weighted by molar-refractivity contribution is -0.150. The maximum Gasteiger partial charge on any atom is 0.316 e. The number of esters is 1. The topological polar surface area (TPSA) is 35.5 Å². The zero-order valence-electron chi connectivity index (χ0n) is 9.66. The first kappa shape index (κ1) is 11.0. The Labute approximate surface area is 95.4 Å². The van der Waals surface area contributed by atoms with Crippen LogP contribution in [0.3, 0.4) is 0 Å². The van der Waals surface area contributed by atoms with E-state index < -0.39 is 5.41 Å². The molecule has 1 aliphatic heterocycles. The molecule has 1 unspecified atom stereocenters. The van der Waals surface area contributed by atoms with E-state index >= 15 is 0 Å². The van der Waals surface area contributed by atoms with Crippen LogP contribution in [0.5, 0.6) is 5.75 Å². The number of para-hydroxylation sites is 1. The van der Waals surface area contributed by atoms with Gasteiger partial charge in [0.25, 0.3) is 0 Å². The summed E-state index contributed by atoms with van der Waals surface area (Å²) in [6, 6.07) is 7.66. The molecule has 2 rings (SSSR count). The highest BCUT2D eigenvalue weighted by molar-refractivity contribution is 5.84. The van der Waals surface area contributed by atoms with E-state index in [-0.39, 0.29) is 5.97 Å². The van der Waals surface area contributed by atoms with Crippen LogP contribution in [0.1, 0.15) is 25.8 Å². The molecule has 1 heterocycles. The molecule has 0 saturated carbocycles. The highest BCUT2D eigenvalue weighted by Crippen LogP contribution is 2.39. The first-order chi connectivity index (χ1) is 7.68. The number of hydrogen-bond donors (Lipinski definition) is 0. The molecular formula is C13H16O3. The van der Waals surface area contributed by atoms with Crippen molar-refractivity contribution in [3.8, 4) is 5.75 Å². The van der Waals surface area contributed by atoms with Gasteiger partial charge in [0.05, 0.1) is 18.6 Å². The average Bonchev–Trinajstić information content (AvgIpc) is 2.30. The van der Waals surface area contributed by atoms with Gasteiger partial charge in [-0.2, -0.15) is 0 Å². The van der Waals surface area contributed by atoms with E-state index in [0.29, 0.717) is 19.6 Å². The van der Waals surface area contributed by atoms with Gasteiger partial charge in [-0.3, -0.25) is 4.79 Å². The smallest absolute Gasteiger partial charge is 0.316 e. The zero-order chi connectivity index (χ0) is 11.6. The molecule has 0 radical (unpaired) electrons. The predicted molar refractivity (Wildman–Crippen MR) is 60.5 cm³/mol. The summed E-state index contributed by atoms with van der Waals surface area (Å²) < 4.78 is 10.7. The third-order valence-corrected chi connectivity index (χ3v) is 3.07. The van der Waals surface area contributed by atoms with Crippen LogP contribution in [0, 0.1) is 0 Å². The van der Waals surface area contributed by atoms with Gasteiger partial charge in [0.2, 0.25) is 0 Å². The van der Waals surface area contributed by atoms with E-state index in [1.54, 1.807) is 0 Å². The van der Waals surface area contributed by atoms with Crippen molar-refractivity contribution in [3.05, 3.63) is 29.8 Å². The fraction of sp³-hybridized carbons (Fsp3) is 0.462. The van der Waals surface area contributed by atoms with Crippen molar-refractivity contribution in [3.63, 3.8) is 0 Å². The van der Waals surface area contributed by atoms with Crippen molar-refractivity contribution in [2.24, 2.45) is 0 Å². The maximum absolute atomic E-state index is 12.0. The van der Waals surface area contributed by atoms with Crippen LogP contribution in [0.4, 0.5) is 0 Å². The summed E-state index contributed by atoms with van der Waals surface area (Å²) in [4.78, 5) is 12.0. The minimum Gasteiger partial charge on any atom is -0.493 e. The second kappa shape index (κ2) is 4.16. The summed E-state index contributed by atoms with van der Waals surface area (Å²) in [6.07, 6.45) is 0.669. The molecule has 0 aromatic heterocycles. The summed E-state index contributed by atoms with van der Waals surface area (Å²) in [5, 5.41) is 0. The molecule has 0 N–H and O–H groups in total. The highest BCUT2D eigenvalue weighted by Gasteiger charge is 2.41. The first-order valence-corrected chi connectivity index (χ1v) is 5.58. The third kappa shape index (κ3) is 1.66. The lowest BCUT2D eigenvalue weighted by Crippen LogP contribution is -2.39. The number of carbonyl (C=O) groups is 1. The number of hydrogen-bond acceptors (Lipinski definition) is 3. The molecule has 0 fully saturated rings.